The van der Waals surface area contributed by atoms with Crippen LogP contribution in [0.3, 0.4) is 0 Å². The van der Waals surface area contributed by atoms with Gasteiger partial charge in [0.1, 0.15) is 11.6 Å². The average molecular weight is 393 g/mol. The van der Waals surface area contributed by atoms with Crippen molar-refractivity contribution in [2.45, 2.75) is 51.5 Å². The number of aromatic nitrogens is 1. The molecule has 2 saturated heterocycles. The van der Waals surface area contributed by atoms with Gasteiger partial charge in [-0.15, -0.1) is 12.4 Å². The number of ether oxygens (including phenoxy) is 1. The number of nitrogens with zero attached hydrogens (tertiary/aromatic N) is 2. The van der Waals surface area contributed by atoms with Crippen molar-refractivity contribution in [1.29, 1.82) is 5.26 Å². The zero-order chi connectivity index (χ0) is 18.1. The summed E-state index contributed by atoms with van der Waals surface area (Å²) < 4.78 is 5.64. The summed E-state index contributed by atoms with van der Waals surface area (Å²) in [4.78, 5) is 18.0. The molecule has 27 heavy (non-hydrogen) atoms. The van der Waals surface area contributed by atoms with Crippen molar-refractivity contribution >= 4 is 18.1 Å². The fraction of sp³-hybridized carbons (Fsp3) is 0.700. The van der Waals surface area contributed by atoms with Gasteiger partial charge in [0.05, 0.1) is 12.3 Å². The van der Waals surface area contributed by atoms with E-state index in [4.69, 9.17) is 4.74 Å². The molecule has 0 aliphatic carbocycles. The van der Waals surface area contributed by atoms with Crippen LogP contribution in [0.15, 0.2) is 4.79 Å². The first-order chi connectivity index (χ1) is 12.7. The lowest BCUT2D eigenvalue weighted by Crippen LogP contribution is -2.43. The molecule has 1 unspecified atom stereocenters. The maximum absolute atomic E-state index is 12.6. The predicted octanol–water partition coefficient (Wildman–Crippen LogP) is 2.66. The number of piperidine rings is 1. The van der Waals surface area contributed by atoms with Gasteiger partial charge < -0.3 is 19.9 Å². The van der Waals surface area contributed by atoms with Crippen LogP contribution in [0.25, 0.3) is 0 Å². The Kier molecular flexibility index (Phi) is 6.15. The second-order valence-corrected chi connectivity index (χ2v) is 8.09. The minimum Gasteiger partial charge on any atom is -0.381 e. The Labute approximate surface area is 166 Å². The Morgan fingerprint density at radius 2 is 2.11 bits per heavy atom. The van der Waals surface area contributed by atoms with Gasteiger partial charge in [-0.2, -0.15) is 5.26 Å². The Morgan fingerprint density at radius 3 is 2.74 bits per heavy atom. The third-order valence-electron chi connectivity index (χ3n) is 6.50. The van der Waals surface area contributed by atoms with Crippen molar-refractivity contribution < 1.29 is 4.74 Å². The monoisotopic (exact) mass is 392 g/mol. The van der Waals surface area contributed by atoms with E-state index in [1.165, 1.54) is 0 Å². The quantitative estimate of drug-likeness (QED) is 0.826. The maximum Gasteiger partial charge on any atom is 0.268 e. The van der Waals surface area contributed by atoms with E-state index in [2.05, 4.69) is 28.2 Å². The Hall–Kier alpha value is -1.55. The largest absolute Gasteiger partial charge is 0.381 e. The molecule has 3 aliphatic heterocycles. The van der Waals surface area contributed by atoms with Crippen LogP contribution in [-0.4, -0.2) is 37.8 Å². The van der Waals surface area contributed by atoms with Gasteiger partial charge >= 0.3 is 0 Å². The van der Waals surface area contributed by atoms with Crippen molar-refractivity contribution in [1.82, 2.24) is 10.3 Å². The molecule has 0 saturated carbocycles. The molecule has 2 fully saturated rings. The second kappa shape index (κ2) is 8.22. The normalized spacial score (nSPS) is 23.6. The van der Waals surface area contributed by atoms with Crippen LogP contribution in [0.2, 0.25) is 0 Å². The third-order valence-corrected chi connectivity index (χ3v) is 6.50. The third kappa shape index (κ3) is 3.61. The van der Waals surface area contributed by atoms with Gasteiger partial charge in [-0.05, 0) is 31.1 Å². The number of hydrogen-bond acceptors (Lipinski definition) is 5. The molecular formula is C20H29ClN4O2. The van der Waals surface area contributed by atoms with Crippen LogP contribution in [0.1, 0.15) is 61.8 Å². The highest BCUT2D eigenvalue weighted by molar-refractivity contribution is 5.85. The van der Waals surface area contributed by atoms with Crippen LogP contribution in [-0.2, 0) is 11.3 Å². The minimum atomic E-state index is -0.228. The molecule has 0 bridgehead atoms. The van der Waals surface area contributed by atoms with Crippen LogP contribution in [0, 0.1) is 16.7 Å². The first kappa shape index (κ1) is 20.2. The summed E-state index contributed by atoms with van der Waals surface area (Å²) in [6.07, 6.45) is 5.41. The van der Waals surface area contributed by atoms with Crippen molar-refractivity contribution in [2.75, 3.05) is 37.7 Å². The standard InChI is InChI=1S/C20H28N4O2.ClH/c1-2-3-14-11-22-12-16-17(14)23-19(25)15(10-21)18(16)24-7-4-20(5-8-24)6-9-26-13-20;/h14,22H,2-9,11-13H2,1H3,(H,23,25);1H. The number of hydrogen-bond donors (Lipinski definition) is 2. The number of nitrogens with one attached hydrogen (secondary N) is 2. The van der Waals surface area contributed by atoms with Crippen LogP contribution in [0.5, 0.6) is 0 Å². The molecule has 1 aromatic rings. The van der Waals surface area contributed by atoms with Crippen molar-refractivity contribution in [3.8, 4) is 6.07 Å². The Morgan fingerprint density at radius 1 is 1.33 bits per heavy atom. The van der Waals surface area contributed by atoms with E-state index < -0.39 is 0 Å². The van der Waals surface area contributed by atoms with E-state index >= 15 is 0 Å². The SMILES string of the molecule is CCCC1CNCc2c1[nH]c(=O)c(C#N)c2N1CCC2(CCOC2)CC1.Cl. The van der Waals surface area contributed by atoms with Crippen LogP contribution in [0.4, 0.5) is 5.69 Å². The zero-order valence-electron chi connectivity index (χ0n) is 16.0. The lowest BCUT2D eigenvalue weighted by molar-refractivity contribution is 0.133. The smallest absolute Gasteiger partial charge is 0.268 e. The van der Waals surface area contributed by atoms with E-state index in [0.717, 1.165) is 88.4 Å². The molecule has 4 heterocycles. The maximum atomic E-state index is 12.6. The van der Waals surface area contributed by atoms with Crippen LogP contribution >= 0.6 is 12.4 Å². The molecule has 148 valence electrons. The lowest BCUT2D eigenvalue weighted by atomic mass is 9.77. The van der Waals surface area contributed by atoms with E-state index in [1.807, 2.05) is 0 Å². The summed E-state index contributed by atoms with van der Waals surface area (Å²) in [5.41, 5.74) is 3.43. The highest BCUT2D eigenvalue weighted by Gasteiger charge is 2.39. The molecule has 1 aromatic heterocycles. The number of rotatable bonds is 3. The summed E-state index contributed by atoms with van der Waals surface area (Å²) in [5, 5.41) is 13.2. The molecule has 0 aromatic carbocycles. The molecule has 2 N–H and O–H groups in total. The van der Waals surface area contributed by atoms with Gasteiger partial charge in [-0.3, -0.25) is 4.79 Å². The van der Waals surface area contributed by atoms with E-state index in [1.54, 1.807) is 0 Å². The van der Waals surface area contributed by atoms with E-state index in [-0.39, 0.29) is 23.5 Å². The van der Waals surface area contributed by atoms with Gasteiger partial charge in [0.2, 0.25) is 0 Å². The summed E-state index contributed by atoms with van der Waals surface area (Å²) >= 11 is 0. The van der Waals surface area contributed by atoms with Gasteiger partial charge in [0.25, 0.3) is 5.56 Å². The number of H-pyrrole nitrogens is 1. The number of aromatic amines is 1. The van der Waals surface area contributed by atoms with Gasteiger partial charge in [0, 0.05) is 50.0 Å². The molecular weight excluding hydrogens is 364 g/mol. The minimum absolute atomic E-state index is 0. The van der Waals surface area contributed by atoms with Gasteiger partial charge in [0.15, 0.2) is 0 Å². The fourth-order valence-corrected chi connectivity index (χ4v) is 4.94. The highest BCUT2D eigenvalue weighted by Crippen LogP contribution is 2.42. The molecule has 6 nitrogen and oxygen atoms in total. The molecule has 3 aliphatic rings. The first-order valence-electron chi connectivity index (χ1n) is 9.90. The molecule has 1 atom stereocenters. The number of anilines is 1. The summed E-state index contributed by atoms with van der Waals surface area (Å²) in [6, 6.07) is 2.18. The predicted molar refractivity (Wildman–Crippen MR) is 108 cm³/mol. The first-order valence-corrected chi connectivity index (χ1v) is 9.90. The number of fused-ring (bicyclic) bond motifs is 1. The van der Waals surface area contributed by atoms with Gasteiger partial charge in [-0.25, -0.2) is 0 Å². The Bertz CT molecular complexity index is 769. The second-order valence-electron chi connectivity index (χ2n) is 8.09. The molecule has 1 spiro atoms. The Balaban J connectivity index is 0.00000210. The molecule has 0 amide bonds. The summed E-state index contributed by atoms with van der Waals surface area (Å²) in [6.45, 7) is 7.30. The summed E-state index contributed by atoms with van der Waals surface area (Å²) in [7, 11) is 0. The topological polar surface area (TPSA) is 81.2 Å². The lowest BCUT2D eigenvalue weighted by Gasteiger charge is -2.41. The summed E-state index contributed by atoms with van der Waals surface area (Å²) in [5.74, 6) is 0.322. The van der Waals surface area contributed by atoms with E-state index in [0.29, 0.717) is 11.3 Å². The number of pyridine rings is 1. The molecule has 0 radical (unpaired) electrons. The van der Waals surface area contributed by atoms with Crippen molar-refractivity contribution in [2.24, 2.45) is 5.41 Å². The fourth-order valence-electron chi connectivity index (χ4n) is 4.94. The number of nitriles is 1. The van der Waals surface area contributed by atoms with Crippen molar-refractivity contribution in [3.63, 3.8) is 0 Å². The highest BCUT2D eigenvalue weighted by atomic mass is 35.5. The average Bonchev–Trinajstić information content (AvgIpc) is 3.10. The molecule has 7 heteroatoms. The van der Waals surface area contributed by atoms with Crippen LogP contribution < -0.4 is 15.8 Å². The van der Waals surface area contributed by atoms with Gasteiger partial charge in [-0.1, -0.05) is 13.3 Å². The molecule has 4 rings (SSSR count). The van der Waals surface area contributed by atoms with E-state index in [9.17, 15) is 10.1 Å². The van der Waals surface area contributed by atoms with Crippen molar-refractivity contribution in [3.05, 3.63) is 27.2 Å². The zero-order valence-corrected chi connectivity index (χ0v) is 16.8. The number of halogens is 1.